The van der Waals surface area contributed by atoms with Gasteiger partial charge < -0.3 is 14.0 Å². The minimum atomic E-state index is -0.283. The van der Waals surface area contributed by atoms with Crippen LogP contribution in [0.1, 0.15) is 76.6 Å². The second kappa shape index (κ2) is 11.7. The van der Waals surface area contributed by atoms with Crippen LogP contribution in [0.2, 0.25) is 10.0 Å². The number of hydrogen-bond donors (Lipinski definition) is 0. The fraction of sp³-hybridized carbons (Fsp3) is 0.480. The predicted octanol–water partition coefficient (Wildman–Crippen LogP) is 7.40. The lowest BCUT2D eigenvalue weighted by Crippen LogP contribution is -2.03. The molecule has 0 aliphatic heterocycles. The maximum absolute atomic E-state index is 12.0. The number of esters is 1. The zero-order chi connectivity index (χ0) is 24.1. The van der Waals surface area contributed by atoms with Crippen LogP contribution < -0.4 is 0 Å². The summed E-state index contributed by atoms with van der Waals surface area (Å²) in [4.78, 5) is 17.1. The minimum Gasteiger partial charge on any atom is -0.462 e. The Bertz CT molecular complexity index is 1120. The molecule has 4 rings (SSSR count). The molecule has 9 heteroatoms. The van der Waals surface area contributed by atoms with E-state index in [-0.39, 0.29) is 5.97 Å². The number of thiazole rings is 1. The predicted molar refractivity (Wildman–Crippen MR) is 134 cm³/mol. The van der Waals surface area contributed by atoms with Crippen LogP contribution in [0.25, 0.3) is 11.3 Å². The van der Waals surface area contributed by atoms with Crippen molar-refractivity contribution in [1.82, 2.24) is 10.1 Å². The Morgan fingerprint density at radius 3 is 2.68 bits per heavy atom. The number of aryl methyl sites for hydroxylation is 2. The number of benzene rings is 1. The molecule has 1 aliphatic rings. The summed E-state index contributed by atoms with van der Waals surface area (Å²) in [6.45, 7) is 5.08. The minimum absolute atomic E-state index is 0.283. The van der Waals surface area contributed by atoms with E-state index in [1.54, 1.807) is 19.1 Å². The van der Waals surface area contributed by atoms with E-state index in [4.69, 9.17) is 37.2 Å². The summed E-state index contributed by atoms with van der Waals surface area (Å²) in [5.41, 5.74) is 3.06. The first kappa shape index (κ1) is 25.2. The molecular weight excluding hydrogens is 495 g/mol. The van der Waals surface area contributed by atoms with Crippen LogP contribution in [0, 0.1) is 6.92 Å². The molecule has 0 unspecified atom stereocenters. The molecule has 0 saturated heterocycles. The Morgan fingerprint density at radius 2 is 1.97 bits per heavy atom. The molecular formula is C25H28Cl2N2O4S. The average Bonchev–Trinajstić information content (AvgIpc) is 3.46. The summed E-state index contributed by atoms with van der Waals surface area (Å²) in [6, 6.07) is 5.42. The van der Waals surface area contributed by atoms with Crippen LogP contribution in [0.15, 0.2) is 22.7 Å². The number of rotatable bonds is 12. The molecule has 6 nitrogen and oxygen atoms in total. The fourth-order valence-corrected chi connectivity index (χ4v) is 5.40. The molecule has 0 N–H and O–H groups in total. The summed E-state index contributed by atoms with van der Waals surface area (Å²) >= 11 is 14.3. The second-order valence-electron chi connectivity index (χ2n) is 8.35. The maximum Gasteiger partial charge on any atom is 0.350 e. The van der Waals surface area contributed by atoms with Crippen molar-refractivity contribution in [3.8, 4) is 11.3 Å². The van der Waals surface area contributed by atoms with Gasteiger partial charge in [-0.15, -0.1) is 11.3 Å². The molecule has 3 aromatic rings. The summed E-state index contributed by atoms with van der Waals surface area (Å²) in [5, 5.41) is 6.37. The van der Waals surface area contributed by atoms with Gasteiger partial charge in [0.05, 0.1) is 34.0 Å². The van der Waals surface area contributed by atoms with Crippen molar-refractivity contribution < 1.29 is 18.8 Å². The van der Waals surface area contributed by atoms with Crippen LogP contribution in [0.4, 0.5) is 0 Å². The van der Waals surface area contributed by atoms with Crippen LogP contribution in [-0.4, -0.2) is 29.3 Å². The number of unbranched alkanes of at least 4 members (excludes halogenated alkanes) is 2. The van der Waals surface area contributed by atoms with Gasteiger partial charge in [-0.25, -0.2) is 9.78 Å². The van der Waals surface area contributed by atoms with E-state index >= 15 is 0 Å². The fourth-order valence-electron chi connectivity index (χ4n) is 3.82. The third kappa shape index (κ3) is 6.00. The Kier molecular flexibility index (Phi) is 8.64. The second-order valence-corrected chi connectivity index (χ2v) is 10.2. The zero-order valence-corrected chi connectivity index (χ0v) is 21.7. The summed E-state index contributed by atoms with van der Waals surface area (Å²) < 4.78 is 16.8. The van der Waals surface area contributed by atoms with E-state index in [0.717, 1.165) is 60.6 Å². The third-order valence-electron chi connectivity index (χ3n) is 5.69. The van der Waals surface area contributed by atoms with Gasteiger partial charge in [0.25, 0.3) is 0 Å². The molecule has 0 atom stereocenters. The number of carbonyl (C=O) groups excluding carboxylic acids is 1. The van der Waals surface area contributed by atoms with Gasteiger partial charge in [0.2, 0.25) is 0 Å². The lowest BCUT2D eigenvalue weighted by Gasteiger charge is -2.08. The molecule has 1 fully saturated rings. The number of halogens is 2. The van der Waals surface area contributed by atoms with Crippen molar-refractivity contribution in [1.29, 1.82) is 0 Å². The van der Waals surface area contributed by atoms with Crippen molar-refractivity contribution in [2.75, 3.05) is 13.2 Å². The first-order chi connectivity index (χ1) is 16.5. The first-order valence-corrected chi connectivity index (χ1v) is 13.2. The van der Waals surface area contributed by atoms with Crippen LogP contribution in [-0.2, 0) is 22.5 Å². The Morgan fingerprint density at radius 1 is 1.21 bits per heavy atom. The molecule has 0 spiro atoms. The SMILES string of the molecule is CCOC(=O)c1sc(CCCCCOCc2c(-c3c(Cl)cccc3Cl)noc2C2CC2)nc1C. The number of nitrogens with zero attached hydrogens (tertiary/aromatic N) is 2. The monoisotopic (exact) mass is 522 g/mol. The smallest absolute Gasteiger partial charge is 0.350 e. The molecule has 0 amide bonds. The maximum atomic E-state index is 12.0. The van der Waals surface area contributed by atoms with Gasteiger partial charge in [-0.3, -0.25) is 0 Å². The number of ether oxygens (including phenoxy) is 2. The first-order valence-electron chi connectivity index (χ1n) is 11.6. The van der Waals surface area contributed by atoms with Crippen molar-refractivity contribution in [2.45, 2.75) is 64.9 Å². The van der Waals surface area contributed by atoms with Gasteiger partial charge in [-0.05, 0) is 58.1 Å². The highest BCUT2D eigenvalue weighted by molar-refractivity contribution is 7.13. The quantitative estimate of drug-likeness (QED) is 0.182. The highest BCUT2D eigenvalue weighted by Gasteiger charge is 2.33. The summed E-state index contributed by atoms with van der Waals surface area (Å²) in [5.74, 6) is 1.01. The highest BCUT2D eigenvalue weighted by Crippen LogP contribution is 2.46. The Hall–Kier alpha value is -1.93. The normalized spacial score (nSPS) is 13.4. The zero-order valence-electron chi connectivity index (χ0n) is 19.4. The third-order valence-corrected chi connectivity index (χ3v) is 7.52. The summed E-state index contributed by atoms with van der Waals surface area (Å²) in [6.07, 6.45) is 5.98. The average molecular weight is 523 g/mol. The van der Waals surface area contributed by atoms with E-state index in [1.807, 2.05) is 13.0 Å². The lowest BCUT2D eigenvalue weighted by molar-refractivity contribution is 0.0531. The van der Waals surface area contributed by atoms with E-state index in [2.05, 4.69) is 10.1 Å². The summed E-state index contributed by atoms with van der Waals surface area (Å²) in [7, 11) is 0. The van der Waals surface area contributed by atoms with Crippen molar-refractivity contribution in [3.63, 3.8) is 0 Å². The van der Waals surface area contributed by atoms with Crippen LogP contribution in [0.3, 0.4) is 0 Å². The van der Waals surface area contributed by atoms with Crippen molar-refractivity contribution >= 4 is 40.5 Å². The van der Waals surface area contributed by atoms with Crippen molar-refractivity contribution in [3.05, 3.63) is 55.1 Å². The largest absolute Gasteiger partial charge is 0.462 e. The standard InChI is InChI=1S/C25H28Cl2N2O4S/c1-3-32-25(30)24-15(2)28-20(34-24)10-5-4-6-13-31-14-17-22(29-33-23(17)16-11-12-16)21-18(26)8-7-9-19(21)27/h7-9,16H,3-6,10-14H2,1-2H3. The molecule has 0 radical (unpaired) electrons. The van der Waals surface area contributed by atoms with E-state index in [1.165, 1.54) is 11.3 Å². The molecule has 1 aliphatic carbocycles. The molecule has 1 aromatic carbocycles. The molecule has 0 bridgehead atoms. The van der Waals surface area contributed by atoms with Gasteiger partial charge in [0.1, 0.15) is 16.3 Å². The van der Waals surface area contributed by atoms with E-state index < -0.39 is 0 Å². The number of hydrogen-bond acceptors (Lipinski definition) is 7. The number of aromatic nitrogens is 2. The van der Waals surface area contributed by atoms with Gasteiger partial charge in [-0.2, -0.15) is 0 Å². The van der Waals surface area contributed by atoms with Gasteiger partial charge in [0.15, 0.2) is 0 Å². The molecule has 2 heterocycles. The van der Waals surface area contributed by atoms with E-state index in [9.17, 15) is 4.79 Å². The number of carbonyl (C=O) groups is 1. The van der Waals surface area contributed by atoms with Crippen molar-refractivity contribution in [2.24, 2.45) is 0 Å². The Balaban J connectivity index is 1.27. The highest BCUT2D eigenvalue weighted by atomic mass is 35.5. The van der Waals surface area contributed by atoms with Crippen LogP contribution in [0.5, 0.6) is 0 Å². The molecule has 34 heavy (non-hydrogen) atoms. The Labute approximate surface area is 213 Å². The van der Waals surface area contributed by atoms with E-state index in [0.29, 0.717) is 51.9 Å². The molecule has 182 valence electrons. The van der Waals surface area contributed by atoms with Gasteiger partial charge in [-0.1, -0.05) is 40.8 Å². The van der Waals surface area contributed by atoms with Crippen LogP contribution >= 0.6 is 34.5 Å². The van der Waals surface area contributed by atoms with Gasteiger partial charge in [0, 0.05) is 23.7 Å². The van der Waals surface area contributed by atoms with Gasteiger partial charge >= 0.3 is 5.97 Å². The molecule has 2 aromatic heterocycles. The lowest BCUT2D eigenvalue weighted by atomic mass is 10.0. The molecule has 1 saturated carbocycles. The topological polar surface area (TPSA) is 74.5 Å².